The summed E-state index contributed by atoms with van der Waals surface area (Å²) in [6.45, 7) is 2.37. The van der Waals surface area contributed by atoms with Gasteiger partial charge in [0.1, 0.15) is 6.61 Å². The Labute approximate surface area is 167 Å². The number of para-hydroxylation sites is 2. The Bertz CT molecular complexity index is 895. The lowest BCUT2D eigenvalue weighted by Crippen LogP contribution is -2.55. The summed E-state index contributed by atoms with van der Waals surface area (Å²) in [5.41, 5.74) is 1.34. The number of rotatable bonds is 2. The zero-order valence-corrected chi connectivity index (χ0v) is 16.4. The van der Waals surface area contributed by atoms with Crippen molar-refractivity contribution >= 4 is 23.2 Å². The Morgan fingerprint density at radius 2 is 1.75 bits per heavy atom. The Kier molecular flexibility index (Phi) is 4.47. The number of nitrogens with zero attached hydrogens (tertiary/aromatic N) is 2. The number of fused-ring (bicyclic) bond motifs is 2. The number of benzene rings is 1. The van der Waals surface area contributed by atoms with Crippen LogP contribution in [0.1, 0.15) is 26.5 Å². The van der Waals surface area contributed by atoms with E-state index in [0.717, 1.165) is 17.7 Å². The molecule has 0 saturated carbocycles. The van der Waals surface area contributed by atoms with Crippen LogP contribution in [0.5, 0.6) is 11.5 Å². The van der Waals surface area contributed by atoms with Crippen LogP contribution in [-0.4, -0.2) is 60.5 Å². The number of piperazine rings is 1. The third-order valence-electron chi connectivity index (χ3n) is 5.62. The average Bonchev–Trinajstić information content (AvgIpc) is 3.35. The zero-order valence-electron chi connectivity index (χ0n) is 15.6. The van der Waals surface area contributed by atoms with E-state index in [0.29, 0.717) is 37.7 Å². The van der Waals surface area contributed by atoms with E-state index in [4.69, 9.17) is 9.47 Å². The maximum atomic E-state index is 12.8. The van der Waals surface area contributed by atoms with E-state index in [9.17, 15) is 9.59 Å². The van der Waals surface area contributed by atoms with Gasteiger partial charge in [0.15, 0.2) is 11.5 Å². The van der Waals surface area contributed by atoms with Gasteiger partial charge in [0.25, 0.3) is 11.8 Å². The summed E-state index contributed by atoms with van der Waals surface area (Å²) in [6.07, 6.45) is 2.77. The van der Waals surface area contributed by atoms with Gasteiger partial charge in [-0.2, -0.15) is 0 Å². The van der Waals surface area contributed by atoms with Gasteiger partial charge in [0, 0.05) is 31.1 Å². The van der Waals surface area contributed by atoms with E-state index in [1.165, 1.54) is 16.9 Å². The first kappa shape index (κ1) is 17.6. The molecular weight excluding hydrogens is 376 g/mol. The first-order chi connectivity index (χ1) is 13.7. The summed E-state index contributed by atoms with van der Waals surface area (Å²) in [5.74, 6) is 1.30. The van der Waals surface area contributed by atoms with Crippen LogP contribution in [-0.2, 0) is 17.6 Å². The highest BCUT2D eigenvalue weighted by Gasteiger charge is 2.34. The van der Waals surface area contributed by atoms with E-state index >= 15 is 0 Å². The Morgan fingerprint density at radius 3 is 2.54 bits per heavy atom. The molecule has 0 spiro atoms. The largest absolute Gasteiger partial charge is 0.485 e. The van der Waals surface area contributed by atoms with Crippen molar-refractivity contribution in [2.75, 3.05) is 32.8 Å². The van der Waals surface area contributed by atoms with Crippen molar-refractivity contribution in [3.05, 3.63) is 45.6 Å². The fourth-order valence-electron chi connectivity index (χ4n) is 4.07. The first-order valence-corrected chi connectivity index (χ1v) is 10.6. The van der Waals surface area contributed by atoms with Crippen LogP contribution >= 0.6 is 11.3 Å². The molecule has 1 fully saturated rings. The number of carbonyl (C=O) groups is 2. The smallest absolute Gasteiger partial charge is 0.267 e. The van der Waals surface area contributed by atoms with Crippen molar-refractivity contribution in [3.8, 4) is 11.5 Å². The second-order valence-electron chi connectivity index (χ2n) is 7.39. The molecule has 3 aliphatic rings. The molecule has 2 aliphatic heterocycles. The van der Waals surface area contributed by atoms with Crippen LogP contribution in [0.2, 0.25) is 0 Å². The molecule has 0 radical (unpaired) electrons. The molecule has 0 N–H and O–H groups in total. The number of ether oxygens (including phenoxy) is 2. The van der Waals surface area contributed by atoms with Crippen molar-refractivity contribution in [1.29, 1.82) is 0 Å². The molecule has 1 aromatic carbocycles. The average molecular weight is 398 g/mol. The molecule has 6 nitrogen and oxygen atoms in total. The summed E-state index contributed by atoms with van der Waals surface area (Å²) in [5, 5.41) is 0. The molecule has 1 saturated heterocycles. The summed E-state index contributed by atoms with van der Waals surface area (Å²) >= 11 is 1.64. The highest BCUT2D eigenvalue weighted by molar-refractivity contribution is 7.14. The number of carbonyl (C=O) groups excluding carboxylic acids is 2. The summed E-state index contributed by atoms with van der Waals surface area (Å²) in [7, 11) is 0. The van der Waals surface area contributed by atoms with E-state index in [1.54, 1.807) is 16.2 Å². The minimum atomic E-state index is -0.627. The highest BCUT2D eigenvalue weighted by Crippen LogP contribution is 2.32. The maximum absolute atomic E-state index is 12.8. The van der Waals surface area contributed by atoms with E-state index in [-0.39, 0.29) is 18.4 Å². The molecule has 0 bridgehead atoms. The molecule has 28 heavy (non-hydrogen) atoms. The van der Waals surface area contributed by atoms with Gasteiger partial charge in [-0.1, -0.05) is 12.1 Å². The van der Waals surface area contributed by atoms with Crippen LogP contribution < -0.4 is 9.47 Å². The molecular formula is C21H22N2O4S. The highest BCUT2D eigenvalue weighted by atomic mass is 32.1. The third-order valence-corrected chi connectivity index (χ3v) is 6.85. The van der Waals surface area contributed by atoms with Crippen LogP contribution in [0.3, 0.4) is 0 Å². The van der Waals surface area contributed by atoms with Gasteiger partial charge in [-0.15, -0.1) is 11.3 Å². The molecule has 3 heterocycles. The van der Waals surface area contributed by atoms with Crippen LogP contribution in [0, 0.1) is 0 Å². The second kappa shape index (κ2) is 7.13. The molecule has 5 rings (SSSR count). The number of amides is 2. The van der Waals surface area contributed by atoms with E-state index in [2.05, 4.69) is 6.07 Å². The van der Waals surface area contributed by atoms with Gasteiger partial charge in [0.2, 0.25) is 6.10 Å². The molecule has 7 heteroatoms. The number of thiophene rings is 1. The van der Waals surface area contributed by atoms with Crippen molar-refractivity contribution < 1.29 is 19.1 Å². The standard InChI is InChI=1S/C21H22N2O4S/c24-20(17-13-26-15-5-1-2-6-16(15)27-17)22-8-10-23(11-9-22)21(25)19-12-14-4-3-7-18(14)28-19/h1-2,5-6,12,17H,3-4,7-11,13H2/t17-/m1/s1. The molecule has 1 aromatic heterocycles. The lowest BCUT2D eigenvalue weighted by Gasteiger charge is -2.37. The quantitative estimate of drug-likeness (QED) is 0.779. The monoisotopic (exact) mass is 398 g/mol. The normalized spacial score (nSPS) is 20.8. The lowest BCUT2D eigenvalue weighted by molar-refractivity contribution is -0.142. The van der Waals surface area contributed by atoms with Crippen molar-refractivity contribution in [2.45, 2.75) is 25.4 Å². The summed E-state index contributed by atoms with van der Waals surface area (Å²) < 4.78 is 11.5. The molecule has 0 unspecified atom stereocenters. The third kappa shape index (κ3) is 3.13. The Balaban J connectivity index is 1.19. The van der Waals surface area contributed by atoms with Gasteiger partial charge < -0.3 is 19.3 Å². The topological polar surface area (TPSA) is 59.1 Å². The van der Waals surface area contributed by atoms with Crippen LogP contribution in [0.25, 0.3) is 0 Å². The lowest BCUT2D eigenvalue weighted by atomic mass is 10.2. The maximum Gasteiger partial charge on any atom is 0.267 e. The van der Waals surface area contributed by atoms with Gasteiger partial charge >= 0.3 is 0 Å². The predicted octanol–water partition coefficient (Wildman–Crippen LogP) is 2.36. The van der Waals surface area contributed by atoms with Gasteiger partial charge in [-0.3, -0.25) is 9.59 Å². The fraction of sp³-hybridized carbons (Fsp3) is 0.429. The van der Waals surface area contributed by atoms with Crippen molar-refractivity contribution in [3.63, 3.8) is 0 Å². The molecule has 2 aromatic rings. The SMILES string of the molecule is O=C(c1cc2c(s1)CCC2)N1CCN(C(=O)[C@H]2COc3ccccc3O2)CC1. The van der Waals surface area contributed by atoms with Crippen LogP contribution in [0.4, 0.5) is 0 Å². The summed E-state index contributed by atoms with van der Waals surface area (Å²) in [4.78, 5) is 31.5. The van der Waals surface area contributed by atoms with E-state index in [1.807, 2.05) is 29.2 Å². The Morgan fingerprint density at radius 1 is 1.00 bits per heavy atom. The number of aryl methyl sites for hydroxylation is 2. The van der Waals surface area contributed by atoms with Crippen molar-refractivity contribution in [2.24, 2.45) is 0 Å². The minimum Gasteiger partial charge on any atom is -0.485 e. The second-order valence-corrected chi connectivity index (χ2v) is 8.53. The molecule has 2 amide bonds. The first-order valence-electron chi connectivity index (χ1n) is 9.77. The zero-order chi connectivity index (χ0) is 19.1. The molecule has 1 atom stereocenters. The molecule has 1 aliphatic carbocycles. The number of hydrogen-bond acceptors (Lipinski definition) is 5. The predicted molar refractivity (Wildman–Crippen MR) is 105 cm³/mol. The molecule has 146 valence electrons. The van der Waals surface area contributed by atoms with Crippen molar-refractivity contribution in [1.82, 2.24) is 9.80 Å². The fourth-order valence-corrected chi connectivity index (χ4v) is 5.29. The minimum absolute atomic E-state index is 0.0725. The Hall–Kier alpha value is -2.54. The van der Waals surface area contributed by atoms with Gasteiger partial charge in [-0.05, 0) is 43.0 Å². The number of hydrogen-bond donors (Lipinski definition) is 0. The van der Waals surface area contributed by atoms with Crippen LogP contribution in [0.15, 0.2) is 30.3 Å². The van der Waals surface area contributed by atoms with Gasteiger partial charge in [0.05, 0.1) is 4.88 Å². The van der Waals surface area contributed by atoms with Gasteiger partial charge in [-0.25, -0.2) is 0 Å². The summed E-state index contributed by atoms with van der Waals surface area (Å²) in [6, 6.07) is 9.45. The van der Waals surface area contributed by atoms with E-state index < -0.39 is 6.10 Å².